The highest BCUT2D eigenvalue weighted by Gasteiger charge is 2.24. The van der Waals surface area contributed by atoms with Crippen molar-refractivity contribution in [3.63, 3.8) is 0 Å². The minimum Gasteiger partial charge on any atom is -0.497 e. The molecule has 33 heavy (non-hydrogen) atoms. The number of hydrogen-bond donors (Lipinski definition) is 1. The number of benzene rings is 2. The van der Waals surface area contributed by atoms with Gasteiger partial charge in [0.15, 0.2) is 0 Å². The molecule has 4 rings (SSSR count). The summed E-state index contributed by atoms with van der Waals surface area (Å²) in [7, 11) is 3.25. The average molecular weight is 444 g/mol. The Morgan fingerprint density at radius 3 is 2.36 bits per heavy atom. The van der Waals surface area contributed by atoms with E-state index in [0.717, 1.165) is 28.0 Å². The first-order valence-corrected chi connectivity index (χ1v) is 11.0. The molecule has 1 amide bonds. The summed E-state index contributed by atoms with van der Waals surface area (Å²) in [5.41, 5.74) is 4.91. The van der Waals surface area contributed by atoms with Crippen molar-refractivity contribution in [3.05, 3.63) is 95.4 Å². The molecule has 0 radical (unpaired) electrons. The highest BCUT2D eigenvalue weighted by Crippen LogP contribution is 2.34. The van der Waals surface area contributed by atoms with Crippen LogP contribution in [0.15, 0.2) is 73.1 Å². The van der Waals surface area contributed by atoms with Crippen LogP contribution in [0.25, 0.3) is 5.65 Å². The number of ether oxygens (including phenoxy) is 2. The lowest BCUT2D eigenvalue weighted by molar-refractivity contribution is -0.122. The van der Waals surface area contributed by atoms with Gasteiger partial charge in [-0.1, -0.05) is 30.3 Å². The van der Waals surface area contributed by atoms with Crippen molar-refractivity contribution >= 4 is 11.6 Å². The van der Waals surface area contributed by atoms with Crippen LogP contribution in [0.4, 0.5) is 0 Å². The maximum atomic E-state index is 13.2. The summed E-state index contributed by atoms with van der Waals surface area (Å²) in [6, 6.07) is 19.7. The third-order valence-corrected chi connectivity index (χ3v) is 5.90. The summed E-state index contributed by atoms with van der Waals surface area (Å²) >= 11 is 0. The Morgan fingerprint density at radius 1 is 1.00 bits per heavy atom. The number of fused-ring (bicyclic) bond motifs is 1. The largest absolute Gasteiger partial charge is 0.497 e. The number of aromatic nitrogens is 2. The number of methoxy groups -OCH3 is 2. The van der Waals surface area contributed by atoms with E-state index >= 15 is 0 Å². The fourth-order valence-electron chi connectivity index (χ4n) is 4.09. The van der Waals surface area contributed by atoms with Crippen molar-refractivity contribution in [1.29, 1.82) is 0 Å². The van der Waals surface area contributed by atoms with Gasteiger partial charge in [0, 0.05) is 30.8 Å². The zero-order chi connectivity index (χ0) is 23.4. The second-order valence-corrected chi connectivity index (χ2v) is 8.22. The monoisotopic (exact) mass is 443 g/mol. The molecule has 0 aliphatic rings. The minimum atomic E-state index is -0.241. The SMILES string of the molecule is COc1cc(OC)cc(C(CC(=O)NC(C)c2ccccc2)c2cnc3cc(C)ccn23)c1. The van der Waals surface area contributed by atoms with Crippen LogP contribution in [0.5, 0.6) is 11.5 Å². The average Bonchev–Trinajstić information content (AvgIpc) is 3.25. The lowest BCUT2D eigenvalue weighted by atomic mass is 9.91. The smallest absolute Gasteiger partial charge is 0.221 e. The van der Waals surface area contributed by atoms with E-state index in [1.54, 1.807) is 14.2 Å². The lowest BCUT2D eigenvalue weighted by Gasteiger charge is -2.21. The second-order valence-electron chi connectivity index (χ2n) is 8.22. The number of carbonyl (C=O) groups excluding carboxylic acids is 1. The minimum absolute atomic E-state index is 0.0415. The van der Waals surface area contributed by atoms with Crippen molar-refractivity contribution in [2.45, 2.75) is 32.2 Å². The van der Waals surface area contributed by atoms with Crippen LogP contribution in [0.3, 0.4) is 0 Å². The van der Waals surface area contributed by atoms with Gasteiger partial charge >= 0.3 is 0 Å². The molecule has 0 spiro atoms. The number of aryl methyl sites for hydroxylation is 1. The molecule has 2 unspecified atom stereocenters. The summed E-state index contributed by atoms with van der Waals surface area (Å²) in [5, 5.41) is 3.14. The van der Waals surface area contributed by atoms with Gasteiger partial charge in [0.1, 0.15) is 17.1 Å². The van der Waals surface area contributed by atoms with Gasteiger partial charge in [-0.05, 0) is 54.8 Å². The summed E-state index contributed by atoms with van der Waals surface area (Å²) in [4.78, 5) is 17.8. The van der Waals surface area contributed by atoms with E-state index in [2.05, 4.69) is 10.3 Å². The van der Waals surface area contributed by atoms with E-state index in [1.807, 2.05) is 91.3 Å². The van der Waals surface area contributed by atoms with Crippen LogP contribution >= 0.6 is 0 Å². The highest BCUT2D eigenvalue weighted by atomic mass is 16.5. The van der Waals surface area contributed by atoms with Gasteiger partial charge in [-0.3, -0.25) is 4.79 Å². The standard InChI is InChI=1S/C27H29N3O3/c1-18-10-11-30-25(17-28-26(30)12-18)24(21-13-22(32-3)15-23(14-21)33-4)16-27(31)29-19(2)20-8-6-5-7-9-20/h5-15,17,19,24H,16H2,1-4H3,(H,29,31). The summed E-state index contributed by atoms with van der Waals surface area (Å²) < 4.78 is 13.0. The summed E-state index contributed by atoms with van der Waals surface area (Å²) in [6.45, 7) is 4.03. The molecule has 170 valence electrons. The van der Waals surface area contributed by atoms with Gasteiger partial charge in [-0.15, -0.1) is 0 Å². The molecular formula is C27H29N3O3. The normalized spacial score (nSPS) is 12.8. The Hall–Kier alpha value is -3.80. The van der Waals surface area contributed by atoms with Crippen molar-refractivity contribution in [2.75, 3.05) is 14.2 Å². The molecule has 0 saturated carbocycles. The first-order valence-electron chi connectivity index (χ1n) is 11.0. The Morgan fingerprint density at radius 2 is 1.70 bits per heavy atom. The molecule has 0 aliphatic heterocycles. The Bertz CT molecular complexity index is 1230. The number of amides is 1. The summed E-state index contributed by atoms with van der Waals surface area (Å²) in [5.74, 6) is 1.07. The maximum Gasteiger partial charge on any atom is 0.221 e. The van der Waals surface area contributed by atoms with E-state index in [1.165, 1.54) is 0 Å². The quantitative estimate of drug-likeness (QED) is 0.413. The van der Waals surface area contributed by atoms with E-state index in [0.29, 0.717) is 11.5 Å². The number of carbonyl (C=O) groups is 1. The van der Waals surface area contributed by atoms with Crippen molar-refractivity contribution in [1.82, 2.24) is 14.7 Å². The third-order valence-electron chi connectivity index (χ3n) is 5.90. The Kier molecular flexibility index (Phi) is 6.63. The maximum absolute atomic E-state index is 13.2. The Balaban J connectivity index is 1.71. The van der Waals surface area contributed by atoms with Gasteiger partial charge in [0.25, 0.3) is 0 Å². The predicted octanol–water partition coefficient (Wildman–Crippen LogP) is 5.06. The third kappa shape index (κ3) is 5.00. The van der Waals surface area contributed by atoms with Crippen LogP contribution in [-0.2, 0) is 4.79 Å². The van der Waals surface area contributed by atoms with Gasteiger partial charge in [-0.25, -0.2) is 4.98 Å². The van der Waals surface area contributed by atoms with E-state index in [9.17, 15) is 4.79 Å². The first-order chi connectivity index (χ1) is 16.0. The fourth-order valence-corrected chi connectivity index (χ4v) is 4.09. The molecule has 1 N–H and O–H groups in total. The number of pyridine rings is 1. The molecule has 0 aliphatic carbocycles. The zero-order valence-corrected chi connectivity index (χ0v) is 19.4. The number of rotatable bonds is 8. The fraction of sp³-hybridized carbons (Fsp3) is 0.259. The molecule has 0 bridgehead atoms. The molecule has 0 fully saturated rings. The topological polar surface area (TPSA) is 64.9 Å². The molecule has 2 aromatic heterocycles. The number of nitrogens with zero attached hydrogens (tertiary/aromatic N) is 2. The van der Waals surface area contributed by atoms with Crippen LogP contribution in [0, 0.1) is 6.92 Å². The van der Waals surface area contributed by atoms with Crippen molar-refractivity contribution in [3.8, 4) is 11.5 Å². The Labute approximate surface area is 194 Å². The van der Waals surface area contributed by atoms with E-state index in [4.69, 9.17) is 9.47 Å². The first kappa shape index (κ1) is 22.4. The molecule has 2 heterocycles. The molecule has 2 atom stereocenters. The van der Waals surface area contributed by atoms with E-state index in [-0.39, 0.29) is 24.3 Å². The lowest BCUT2D eigenvalue weighted by Crippen LogP contribution is -2.28. The van der Waals surface area contributed by atoms with Gasteiger partial charge in [0.05, 0.1) is 26.0 Å². The van der Waals surface area contributed by atoms with Crippen LogP contribution < -0.4 is 14.8 Å². The summed E-state index contributed by atoms with van der Waals surface area (Å²) in [6.07, 6.45) is 4.11. The molecule has 6 heteroatoms. The van der Waals surface area contributed by atoms with E-state index < -0.39 is 0 Å². The number of hydrogen-bond acceptors (Lipinski definition) is 4. The van der Waals surface area contributed by atoms with Crippen LogP contribution in [0.1, 0.15) is 47.7 Å². The molecular weight excluding hydrogens is 414 g/mol. The highest BCUT2D eigenvalue weighted by molar-refractivity contribution is 5.78. The molecule has 4 aromatic rings. The van der Waals surface area contributed by atoms with Gasteiger partial charge in [0.2, 0.25) is 5.91 Å². The van der Waals surface area contributed by atoms with Gasteiger partial charge in [-0.2, -0.15) is 0 Å². The predicted molar refractivity (Wildman–Crippen MR) is 129 cm³/mol. The second kappa shape index (κ2) is 9.77. The zero-order valence-electron chi connectivity index (χ0n) is 19.4. The number of imidazole rings is 1. The molecule has 2 aromatic carbocycles. The van der Waals surface area contributed by atoms with Crippen LogP contribution in [-0.4, -0.2) is 29.5 Å². The van der Waals surface area contributed by atoms with Crippen molar-refractivity contribution in [2.24, 2.45) is 0 Å². The van der Waals surface area contributed by atoms with Crippen molar-refractivity contribution < 1.29 is 14.3 Å². The van der Waals surface area contributed by atoms with Gasteiger partial charge < -0.3 is 19.2 Å². The molecule has 6 nitrogen and oxygen atoms in total. The number of nitrogens with one attached hydrogen (secondary N) is 1. The van der Waals surface area contributed by atoms with Crippen LogP contribution in [0.2, 0.25) is 0 Å². The molecule has 0 saturated heterocycles.